The van der Waals surface area contributed by atoms with Crippen molar-refractivity contribution in [3.05, 3.63) is 58.6 Å². The summed E-state index contributed by atoms with van der Waals surface area (Å²) in [4.78, 5) is 37.8. The van der Waals surface area contributed by atoms with E-state index in [-0.39, 0.29) is 27.7 Å². The summed E-state index contributed by atoms with van der Waals surface area (Å²) >= 11 is 5.97. The van der Waals surface area contributed by atoms with Gasteiger partial charge < -0.3 is 9.84 Å². The molecule has 0 aliphatic carbocycles. The summed E-state index contributed by atoms with van der Waals surface area (Å²) in [7, 11) is 1.34. The molecule has 0 radical (unpaired) electrons. The second-order valence-electron chi connectivity index (χ2n) is 5.34. The van der Waals surface area contributed by atoms with Crippen LogP contribution in [0.1, 0.15) is 5.56 Å². The summed E-state index contributed by atoms with van der Waals surface area (Å²) in [6.07, 6.45) is 1.16. The molecule has 0 spiro atoms. The zero-order chi connectivity index (χ0) is 18.8. The minimum Gasteiger partial charge on any atom is -0.504 e. The minimum atomic E-state index is -0.870. The monoisotopic (exact) mass is 372 g/mol. The molecule has 7 nitrogen and oxygen atoms in total. The fourth-order valence-electron chi connectivity index (χ4n) is 2.48. The predicted molar refractivity (Wildman–Crippen MR) is 95.1 cm³/mol. The van der Waals surface area contributed by atoms with Crippen molar-refractivity contribution >= 4 is 41.2 Å². The van der Waals surface area contributed by atoms with E-state index in [2.05, 4.69) is 5.32 Å². The number of carbonyl (C=O) groups is 3. The number of benzene rings is 2. The first kappa shape index (κ1) is 17.5. The van der Waals surface area contributed by atoms with E-state index in [1.54, 1.807) is 30.3 Å². The lowest BCUT2D eigenvalue weighted by Gasteiger charge is -2.26. The van der Waals surface area contributed by atoms with Gasteiger partial charge in [0.25, 0.3) is 11.8 Å². The first-order valence-corrected chi connectivity index (χ1v) is 7.83. The Balaban J connectivity index is 2.08. The van der Waals surface area contributed by atoms with Crippen molar-refractivity contribution in [2.24, 2.45) is 0 Å². The Morgan fingerprint density at radius 3 is 2.50 bits per heavy atom. The Bertz CT molecular complexity index is 940. The summed E-state index contributed by atoms with van der Waals surface area (Å²) in [5, 5.41) is 12.5. The third-order valence-corrected chi connectivity index (χ3v) is 3.92. The second kappa shape index (κ2) is 6.89. The molecule has 0 bridgehead atoms. The number of ether oxygens (including phenoxy) is 1. The summed E-state index contributed by atoms with van der Waals surface area (Å²) in [5.74, 6) is -1.88. The van der Waals surface area contributed by atoms with Crippen molar-refractivity contribution in [1.29, 1.82) is 0 Å². The summed E-state index contributed by atoms with van der Waals surface area (Å²) in [6, 6.07) is 10.1. The van der Waals surface area contributed by atoms with Gasteiger partial charge >= 0.3 is 6.03 Å². The largest absolute Gasteiger partial charge is 0.504 e. The lowest BCUT2D eigenvalue weighted by molar-refractivity contribution is -0.122. The van der Waals surface area contributed by atoms with Gasteiger partial charge in [-0.05, 0) is 24.3 Å². The van der Waals surface area contributed by atoms with Crippen LogP contribution in [0.3, 0.4) is 0 Å². The van der Waals surface area contributed by atoms with E-state index in [1.807, 2.05) is 0 Å². The normalized spacial score (nSPS) is 16.0. The van der Waals surface area contributed by atoms with Crippen LogP contribution in [-0.4, -0.2) is 30.1 Å². The molecule has 0 atom stereocenters. The van der Waals surface area contributed by atoms with Gasteiger partial charge in [-0.3, -0.25) is 14.9 Å². The average molecular weight is 373 g/mol. The second-order valence-corrected chi connectivity index (χ2v) is 5.78. The van der Waals surface area contributed by atoms with Gasteiger partial charge in [-0.1, -0.05) is 29.8 Å². The number of anilines is 1. The van der Waals surface area contributed by atoms with E-state index >= 15 is 0 Å². The van der Waals surface area contributed by atoms with E-state index in [1.165, 1.54) is 19.2 Å². The number of urea groups is 1. The number of barbiturate groups is 1. The van der Waals surface area contributed by atoms with E-state index < -0.39 is 17.8 Å². The van der Waals surface area contributed by atoms with Gasteiger partial charge in [0.1, 0.15) is 5.57 Å². The number of halogens is 1. The molecule has 2 aromatic carbocycles. The lowest BCUT2D eigenvalue weighted by Crippen LogP contribution is -2.54. The van der Waals surface area contributed by atoms with Crippen molar-refractivity contribution in [3.8, 4) is 11.5 Å². The number of nitrogens with zero attached hydrogens (tertiary/aromatic N) is 1. The fraction of sp³-hybridized carbons (Fsp3) is 0.0556. The average Bonchev–Trinajstić information content (AvgIpc) is 2.61. The highest BCUT2D eigenvalue weighted by atomic mass is 35.5. The molecule has 1 aliphatic heterocycles. The number of rotatable bonds is 3. The van der Waals surface area contributed by atoms with Gasteiger partial charge in [0, 0.05) is 16.7 Å². The third-order valence-electron chi connectivity index (χ3n) is 3.71. The molecule has 2 N–H and O–H groups in total. The molecule has 0 unspecified atom stereocenters. The molecule has 1 fully saturated rings. The van der Waals surface area contributed by atoms with E-state index in [9.17, 15) is 19.5 Å². The lowest BCUT2D eigenvalue weighted by atomic mass is 10.1. The molecule has 1 saturated heterocycles. The highest BCUT2D eigenvalue weighted by Crippen LogP contribution is 2.35. The first-order chi connectivity index (χ1) is 12.4. The number of imide groups is 2. The Labute approximate surface area is 153 Å². The summed E-state index contributed by atoms with van der Waals surface area (Å²) in [5.41, 5.74) is 0.0876. The Morgan fingerprint density at radius 2 is 1.85 bits per heavy atom. The highest BCUT2D eigenvalue weighted by Gasteiger charge is 2.36. The Morgan fingerprint density at radius 1 is 1.15 bits per heavy atom. The molecule has 26 heavy (non-hydrogen) atoms. The number of carbonyl (C=O) groups excluding carboxylic acids is 3. The highest BCUT2D eigenvalue weighted by molar-refractivity contribution is 6.39. The van der Waals surface area contributed by atoms with Gasteiger partial charge in [-0.15, -0.1) is 0 Å². The molecule has 2 aromatic rings. The molecule has 1 heterocycles. The quantitative estimate of drug-likeness (QED) is 0.638. The number of phenols is 1. The standard InChI is InChI=1S/C18H13ClN2O5/c1-26-14-9-11(19)7-10(15(14)22)8-13-16(23)20-18(25)21(17(13)24)12-5-3-2-4-6-12/h2-9,22H,1H3,(H,20,23,25)/b13-8+. The molecule has 8 heteroatoms. The van der Waals surface area contributed by atoms with Crippen molar-refractivity contribution in [3.63, 3.8) is 0 Å². The maximum atomic E-state index is 12.7. The van der Waals surface area contributed by atoms with E-state index in [4.69, 9.17) is 16.3 Å². The Hall–Kier alpha value is -3.32. The SMILES string of the molecule is COc1cc(Cl)cc(/C=C2\C(=O)NC(=O)N(c3ccccc3)C2=O)c1O. The number of amides is 4. The first-order valence-electron chi connectivity index (χ1n) is 7.45. The zero-order valence-corrected chi connectivity index (χ0v) is 14.3. The molecule has 0 saturated carbocycles. The van der Waals surface area contributed by atoms with E-state index in [0.717, 1.165) is 11.0 Å². The Kier molecular flexibility index (Phi) is 4.64. The molecule has 4 amide bonds. The van der Waals surface area contributed by atoms with Crippen molar-refractivity contribution in [2.45, 2.75) is 0 Å². The number of hydrogen-bond donors (Lipinski definition) is 2. The number of phenolic OH excluding ortho intramolecular Hbond substituents is 1. The van der Waals surface area contributed by atoms with Crippen LogP contribution in [0, 0.1) is 0 Å². The van der Waals surface area contributed by atoms with Crippen LogP contribution < -0.4 is 15.0 Å². The number of hydrogen-bond acceptors (Lipinski definition) is 5. The molecule has 0 aromatic heterocycles. The van der Waals surface area contributed by atoms with Crippen LogP contribution in [0.4, 0.5) is 10.5 Å². The number of nitrogens with one attached hydrogen (secondary N) is 1. The topological polar surface area (TPSA) is 95.9 Å². The van der Waals surface area contributed by atoms with Crippen LogP contribution in [0.15, 0.2) is 48.0 Å². The summed E-state index contributed by atoms with van der Waals surface area (Å²) in [6.45, 7) is 0. The van der Waals surface area contributed by atoms with E-state index in [0.29, 0.717) is 5.69 Å². The maximum absolute atomic E-state index is 12.7. The van der Waals surface area contributed by atoms with Gasteiger partial charge in [0.05, 0.1) is 12.8 Å². The van der Waals surface area contributed by atoms with Crippen LogP contribution in [0.2, 0.25) is 5.02 Å². The molecule has 132 valence electrons. The molecular weight excluding hydrogens is 360 g/mol. The number of para-hydroxylation sites is 1. The molecule has 3 rings (SSSR count). The van der Waals surface area contributed by atoms with Crippen LogP contribution >= 0.6 is 11.6 Å². The van der Waals surface area contributed by atoms with Gasteiger partial charge in [0.2, 0.25) is 0 Å². The van der Waals surface area contributed by atoms with Crippen LogP contribution in [-0.2, 0) is 9.59 Å². The smallest absolute Gasteiger partial charge is 0.335 e. The van der Waals surface area contributed by atoms with Gasteiger partial charge in [-0.2, -0.15) is 0 Å². The fourth-order valence-corrected chi connectivity index (χ4v) is 2.70. The minimum absolute atomic E-state index is 0.0870. The maximum Gasteiger partial charge on any atom is 0.335 e. The number of methoxy groups -OCH3 is 1. The zero-order valence-electron chi connectivity index (χ0n) is 13.5. The van der Waals surface area contributed by atoms with Crippen LogP contribution in [0.25, 0.3) is 6.08 Å². The third kappa shape index (κ3) is 3.12. The molecule has 1 aliphatic rings. The van der Waals surface area contributed by atoms with Gasteiger partial charge in [0.15, 0.2) is 11.5 Å². The van der Waals surface area contributed by atoms with Crippen molar-refractivity contribution in [1.82, 2.24) is 5.32 Å². The van der Waals surface area contributed by atoms with Gasteiger partial charge in [-0.25, -0.2) is 9.69 Å². The predicted octanol–water partition coefficient (Wildman–Crippen LogP) is 2.72. The van der Waals surface area contributed by atoms with Crippen LogP contribution in [0.5, 0.6) is 11.5 Å². The van der Waals surface area contributed by atoms with Crippen molar-refractivity contribution < 1.29 is 24.2 Å². The van der Waals surface area contributed by atoms with Crippen molar-refractivity contribution in [2.75, 3.05) is 12.0 Å². The number of aromatic hydroxyl groups is 1. The summed E-state index contributed by atoms with van der Waals surface area (Å²) < 4.78 is 5.00. The molecular formula is C18H13ClN2O5.